The highest BCUT2D eigenvalue weighted by Gasteiger charge is 1.91. The fourth-order valence-electron chi connectivity index (χ4n) is 0.359. The van der Waals surface area contributed by atoms with Gasteiger partial charge in [0.1, 0.15) is 0 Å². The molecule has 2 amide bonds. The first-order chi connectivity index (χ1) is 4.81. The number of carbonyl (C=O) groups is 1. The summed E-state index contributed by atoms with van der Waals surface area (Å²) in [6.45, 7) is 4.14. The van der Waals surface area contributed by atoms with Crippen LogP contribution in [0.5, 0.6) is 0 Å². The van der Waals surface area contributed by atoms with E-state index in [1.807, 2.05) is 0 Å². The molecule has 0 aliphatic heterocycles. The van der Waals surface area contributed by atoms with Crippen molar-refractivity contribution < 1.29 is 4.79 Å². The van der Waals surface area contributed by atoms with E-state index in [1.165, 1.54) is 0 Å². The number of nitrogens with one attached hydrogen (secondary N) is 2. The summed E-state index contributed by atoms with van der Waals surface area (Å²) in [5.74, 6) is 2.28. The second-order valence-corrected chi connectivity index (χ2v) is 1.56. The third kappa shape index (κ3) is 4.72. The molecule has 0 aromatic rings. The summed E-state index contributed by atoms with van der Waals surface area (Å²) in [6, 6.07) is -0.266. The molecule has 0 aromatic heterocycles. The van der Waals surface area contributed by atoms with Crippen molar-refractivity contribution in [2.24, 2.45) is 0 Å². The van der Waals surface area contributed by atoms with Crippen LogP contribution in [0, 0.1) is 12.3 Å². The average molecular weight is 138 g/mol. The van der Waals surface area contributed by atoms with Crippen molar-refractivity contribution in [3.8, 4) is 12.3 Å². The van der Waals surface area contributed by atoms with Gasteiger partial charge in [0.2, 0.25) is 0 Å². The molecule has 0 heterocycles. The van der Waals surface area contributed by atoms with E-state index in [4.69, 9.17) is 6.42 Å². The summed E-state index contributed by atoms with van der Waals surface area (Å²) in [5, 5.41) is 4.94. The van der Waals surface area contributed by atoms with Crippen molar-refractivity contribution >= 4 is 6.03 Å². The van der Waals surface area contributed by atoms with Crippen molar-refractivity contribution in [1.29, 1.82) is 0 Å². The Kier molecular flexibility index (Phi) is 4.89. The zero-order valence-electron chi connectivity index (χ0n) is 5.68. The van der Waals surface area contributed by atoms with E-state index in [1.54, 1.807) is 6.08 Å². The zero-order chi connectivity index (χ0) is 7.82. The molecule has 0 unspecified atom stereocenters. The van der Waals surface area contributed by atoms with Crippen molar-refractivity contribution in [1.82, 2.24) is 10.6 Å². The molecule has 3 heteroatoms. The van der Waals surface area contributed by atoms with Gasteiger partial charge >= 0.3 is 6.03 Å². The molecular weight excluding hydrogens is 128 g/mol. The molecule has 2 N–H and O–H groups in total. The molecule has 0 spiro atoms. The lowest BCUT2D eigenvalue weighted by Crippen LogP contribution is -2.35. The van der Waals surface area contributed by atoms with Crippen molar-refractivity contribution in [2.45, 2.75) is 0 Å². The zero-order valence-corrected chi connectivity index (χ0v) is 5.68. The van der Waals surface area contributed by atoms with Gasteiger partial charge in [-0.3, -0.25) is 0 Å². The summed E-state index contributed by atoms with van der Waals surface area (Å²) < 4.78 is 0. The van der Waals surface area contributed by atoms with Gasteiger partial charge < -0.3 is 10.6 Å². The minimum atomic E-state index is -0.266. The van der Waals surface area contributed by atoms with E-state index in [2.05, 4.69) is 23.1 Å². The largest absolute Gasteiger partial charge is 0.335 e. The van der Waals surface area contributed by atoms with Gasteiger partial charge in [-0.2, -0.15) is 0 Å². The van der Waals surface area contributed by atoms with Gasteiger partial charge in [-0.15, -0.1) is 13.0 Å². The summed E-state index contributed by atoms with van der Waals surface area (Å²) in [5.41, 5.74) is 0. The van der Waals surface area contributed by atoms with Crippen molar-refractivity contribution in [3.05, 3.63) is 12.7 Å². The lowest BCUT2D eigenvalue weighted by molar-refractivity contribution is 0.243. The van der Waals surface area contributed by atoms with E-state index < -0.39 is 0 Å². The first-order valence-electron chi connectivity index (χ1n) is 2.87. The Morgan fingerprint density at radius 1 is 1.70 bits per heavy atom. The van der Waals surface area contributed by atoms with E-state index in [0.29, 0.717) is 6.54 Å². The Balaban J connectivity index is 3.27. The Hall–Kier alpha value is -1.43. The third-order valence-electron chi connectivity index (χ3n) is 0.758. The maximum atomic E-state index is 10.6. The molecule has 0 saturated carbocycles. The summed E-state index contributed by atoms with van der Waals surface area (Å²) in [6.07, 6.45) is 6.49. The highest BCUT2D eigenvalue weighted by molar-refractivity contribution is 5.74. The van der Waals surface area contributed by atoms with Crippen LogP contribution in [0.1, 0.15) is 0 Å². The summed E-state index contributed by atoms with van der Waals surface area (Å²) in [4.78, 5) is 10.6. The van der Waals surface area contributed by atoms with Crippen LogP contribution in [-0.4, -0.2) is 19.1 Å². The molecule has 0 aliphatic carbocycles. The maximum Gasteiger partial charge on any atom is 0.315 e. The van der Waals surface area contributed by atoms with Crippen LogP contribution in [0.2, 0.25) is 0 Å². The first kappa shape index (κ1) is 8.57. The second kappa shape index (κ2) is 5.70. The smallest absolute Gasteiger partial charge is 0.315 e. The number of rotatable bonds is 3. The second-order valence-electron chi connectivity index (χ2n) is 1.56. The average Bonchev–Trinajstić information content (AvgIpc) is 1.97. The van der Waals surface area contributed by atoms with Gasteiger partial charge in [-0.1, -0.05) is 12.0 Å². The molecule has 54 valence electrons. The molecule has 0 aromatic carbocycles. The van der Waals surface area contributed by atoms with Gasteiger partial charge in [0.05, 0.1) is 6.54 Å². The SMILES string of the molecule is C#CCNC(=O)NCC=C. The molecule has 0 bridgehead atoms. The number of amides is 2. The van der Waals surface area contributed by atoms with E-state index in [9.17, 15) is 4.79 Å². The lowest BCUT2D eigenvalue weighted by Gasteiger charge is -2.00. The standard InChI is InChI=1S/C7H10N2O/c1-3-5-8-7(10)9-6-4-2/h1,4H,2,5-6H2,(H2,8,9,10). The monoisotopic (exact) mass is 138 g/mol. The molecule has 0 rings (SSSR count). The minimum absolute atomic E-state index is 0.253. The maximum absolute atomic E-state index is 10.6. The number of urea groups is 1. The quantitative estimate of drug-likeness (QED) is 0.421. The molecule has 10 heavy (non-hydrogen) atoms. The van der Waals surface area contributed by atoms with E-state index in [0.717, 1.165) is 0 Å². The highest BCUT2D eigenvalue weighted by Crippen LogP contribution is 1.63. The minimum Gasteiger partial charge on any atom is -0.335 e. The Morgan fingerprint density at radius 3 is 2.90 bits per heavy atom. The van der Waals surface area contributed by atoms with E-state index in [-0.39, 0.29) is 12.6 Å². The van der Waals surface area contributed by atoms with E-state index >= 15 is 0 Å². The number of terminal acetylenes is 1. The predicted octanol–water partition coefficient (Wildman–Crippen LogP) is 0.105. The highest BCUT2D eigenvalue weighted by atomic mass is 16.2. The van der Waals surface area contributed by atoms with Crippen molar-refractivity contribution in [3.63, 3.8) is 0 Å². The molecular formula is C7H10N2O. The van der Waals surface area contributed by atoms with Crippen LogP contribution in [0.15, 0.2) is 12.7 Å². The molecule has 0 fully saturated rings. The van der Waals surface area contributed by atoms with Crippen LogP contribution in [0.3, 0.4) is 0 Å². The number of hydrogen-bond donors (Lipinski definition) is 2. The fourth-order valence-corrected chi connectivity index (χ4v) is 0.359. The Labute approximate surface area is 60.5 Å². The van der Waals surface area contributed by atoms with Crippen molar-refractivity contribution in [2.75, 3.05) is 13.1 Å². The first-order valence-corrected chi connectivity index (χ1v) is 2.87. The van der Waals surface area contributed by atoms with Gasteiger partial charge in [0, 0.05) is 6.54 Å². The predicted molar refractivity (Wildman–Crippen MR) is 40.4 cm³/mol. The molecule has 0 radical (unpaired) electrons. The van der Waals surface area contributed by atoms with Crippen LogP contribution in [0.4, 0.5) is 4.79 Å². The molecule has 0 saturated heterocycles. The summed E-state index contributed by atoms with van der Waals surface area (Å²) in [7, 11) is 0. The topological polar surface area (TPSA) is 41.1 Å². The molecule has 3 nitrogen and oxygen atoms in total. The molecule has 0 atom stereocenters. The summed E-state index contributed by atoms with van der Waals surface area (Å²) >= 11 is 0. The van der Waals surface area contributed by atoms with Gasteiger partial charge in [-0.25, -0.2) is 4.79 Å². The van der Waals surface area contributed by atoms with Crippen LogP contribution >= 0.6 is 0 Å². The van der Waals surface area contributed by atoms with Crippen LogP contribution in [-0.2, 0) is 0 Å². The van der Waals surface area contributed by atoms with Crippen LogP contribution in [0.25, 0.3) is 0 Å². The third-order valence-corrected chi connectivity index (χ3v) is 0.758. The van der Waals surface area contributed by atoms with Gasteiger partial charge in [0.25, 0.3) is 0 Å². The Morgan fingerprint density at radius 2 is 2.40 bits per heavy atom. The normalized spacial score (nSPS) is 7.50. The lowest BCUT2D eigenvalue weighted by atomic mass is 10.6. The van der Waals surface area contributed by atoms with Gasteiger partial charge in [0.15, 0.2) is 0 Å². The molecule has 0 aliphatic rings. The Bertz CT molecular complexity index is 157. The van der Waals surface area contributed by atoms with Gasteiger partial charge in [-0.05, 0) is 0 Å². The number of carbonyl (C=O) groups excluding carboxylic acids is 1. The fraction of sp³-hybridized carbons (Fsp3) is 0.286. The van der Waals surface area contributed by atoms with Crippen LogP contribution < -0.4 is 10.6 Å². The number of hydrogen-bond acceptors (Lipinski definition) is 1.